The van der Waals surface area contributed by atoms with Crippen molar-refractivity contribution in [2.75, 3.05) is 37.6 Å². The molecule has 6 nitrogen and oxygen atoms in total. The van der Waals surface area contributed by atoms with Crippen LogP contribution >= 0.6 is 0 Å². The Bertz CT molecular complexity index is 355. The largest absolute Gasteiger partial charge is 0.353 e. The molecule has 18 heavy (non-hydrogen) atoms. The van der Waals surface area contributed by atoms with Crippen LogP contribution in [0.15, 0.2) is 6.20 Å². The van der Waals surface area contributed by atoms with Gasteiger partial charge >= 0.3 is 0 Å². The quantitative estimate of drug-likeness (QED) is 0.808. The fourth-order valence-electron chi connectivity index (χ4n) is 2.41. The first-order valence-corrected chi connectivity index (χ1v) is 6.83. The number of nitrogens with two attached hydrogens (primary N) is 1. The second kappa shape index (κ2) is 6.15. The maximum absolute atomic E-state index is 5.72. The summed E-state index contributed by atoms with van der Waals surface area (Å²) in [4.78, 5) is 4.82. The number of aromatic nitrogens is 3. The molecule has 1 atom stereocenters. The zero-order valence-electron chi connectivity index (χ0n) is 11.4. The van der Waals surface area contributed by atoms with Crippen molar-refractivity contribution in [2.24, 2.45) is 5.73 Å². The Morgan fingerprint density at radius 2 is 2.06 bits per heavy atom. The number of nitrogens with zero attached hydrogens (tertiary/aromatic N) is 5. The van der Waals surface area contributed by atoms with Crippen LogP contribution in [0.25, 0.3) is 0 Å². The molecule has 1 saturated heterocycles. The monoisotopic (exact) mass is 252 g/mol. The van der Waals surface area contributed by atoms with Gasteiger partial charge in [-0.1, -0.05) is 12.1 Å². The van der Waals surface area contributed by atoms with Crippen molar-refractivity contribution in [3.8, 4) is 0 Å². The average molecular weight is 252 g/mol. The van der Waals surface area contributed by atoms with Crippen molar-refractivity contribution >= 4 is 5.82 Å². The first kappa shape index (κ1) is 13.3. The van der Waals surface area contributed by atoms with Crippen molar-refractivity contribution in [3.05, 3.63) is 6.20 Å². The number of piperazine rings is 1. The molecule has 0 saturated carbocycles. The highest BCUT2D eigenvalue weighted by Crippen LogP contribution is 2.16. The Kier molecular flexibility index (Phi) is 4.54. The van der Waals surface area contributed by atoms with Crippen LogP contribution in [0.1, 0.15) is 20.3 Å². The molecule has 2 N–H and O–H groups in total. The van der Waals surface area contributed by atoms with Crippen molar-refractivity contribution in [2.45, 2.75) is 32.9 Å². The summed E-state index contributed by atoms with van der Waals surface area (Å²) in [6.45, 7) is 10.2. The van der Waals surface area contributed by atoms with Gasteiger partial charge < -0.3 is 10.6 Å². The molecular weight excluding hydrogens is 228 g/mol. The van der Waals surface area contributed by atoms with Crippen LogP contribution in [-0.4, -0.2) is 58.7 Å². The summed E-state index contributed by atoms with van der Waals surface area (Å²) < 4.78 is 2.00. The second-order valence-corrected chi connectivity index (χ2v) is 4.92. The summed E-state index contributed by atoms with van der Waals surface area (Å²) >= 11 is 0. The molecule has 0 amide bonds. The molecule has 2 rings (SSSR count). The number of aryl methyl sites for hydroxylation is 1. The Balaban J connectivity index is 1.94. The van der Waals surface area contributed by atoms with E-state index in [0.717, 1.165) is 51.5 Å². The lowest BCUT2D eigenvalue weighted by molar-refractivity contribution is 0.200. The van der Waals surface area contributed by atoms with E-state index in [1.165, 1.54) is 0 Å². The molecule has 0 aromatic carbocycles. The van der Waals surface area contributed by atoms with Crippen LogP contribution in [0, 0.1) is 0 Å². The SMILES string of the molecule is CCCn1nncc1N1CCN(C(C)CN)CC1. The van der Waals surface area contributed by atoms with Gasteiger partial charge in [-0.3, -0.25) is 4.90 Å². The molecule has 1 aromatic heterocycles. The average Bonchev–Trinajstić information content (AvgIpc) is 2.87. The molecule has 0 spiro atoms. The van der Waals surface area contributed by atoms with E-state index >= 15 is 0 Å². The lowest BCUT2D eigenvalue weighted by atomic mass is 10.2. The van der Waals surface area contributed by atoms with Gasteiger partial charge in [0.15, 0.2) is 0 Å². The summed E-state index contributed by atoms with van der Waals surface area (Å²) in [5.41, 5.74) is 5.72. The third-order valence-electron chi connectivity index (χ3n) is 3.64. The fourth-order valence-corrected chi connectivity index (χ4v) is 2.41. The van der Waals surface area contributed by atoms with Crippen molar-refractivity contribution in [3.63, 3.8) is 0 Å². The zero-order valence-corrected chi connectivity index (χ0v) is 11.4. The van der Waals surface area contributed by atoms with Gasteiger partial charge in [-0.15, -0.1) is 5.10 Å². The van der Waals surface area contributed by atoms with Crippen molar-refractivity contribution < 1.29 is 0 Å². The van der Waals surface area contributed by atoms with E-state index in [9.17, 15) is 0 Å². The van der Waals surface area contributed by atoms with Crippen LogP contribution in [0.3, 0.4) is 0 Å². The highest BCUT2D eigenvalue weighted by atomic mass is 15.5. The van der Waals surface area contributed by atoms with Crippen LogP contribution in [0.5, 0.6) is 0 Å². The molecule has 0 aliphatic carbocycles. The van der Waals surface area contributed by atoms with E-state index in [4.69, 9.17) is 5.73 Å². The first-order valence-electron chi connectivity index (χ1n) is 6.83. The van der Waals surface area contributed by atoms with E-state index < -0.39 is 0 Å². The van der Waals surface area contributed by atoms with Gasteiger partial charge in [0.1, 0.15) is 5.82 Å². The van der Waals surface area contributed by atoms with E-state index in [-0.39, 0.29) is 0 Å². The van der Waals surface area contributed by atoms with Gasteiger partial charge in [-0.05, 0) is 13.3 Å². The standard InChI is InChI=1S/C12H24N6/c1-3-4-18-12(10-14-15-18)17-7-5-16(6-8-17)11(2)9-13/h10-11H,3-9,13H2,1-2H3. The minimum absolute atomic E-state index is 0.478. The topological polar surface area (TPSA) is 63.2 Å². The third kappa shape index (κ3) is 2.81. The minimum atomic E-state index is 0.478. The number of anilines is 1. The predicted octanol–water partition coefficient (Wildman–Crippen LogP) is 0.157. The first-order chi connectivity index (χ1) is 8.76. The molecule has 2 heterocycles. The molecule has 102 valence electrons. The summed E-state index contributed by atoms with van der Waals surface area (Å²) in [6.07, 6.45) is 2.96. The van der Waals surface area contributed by atoms with Gasteiger partial charge in [0, 0.05) is 45.3 Å². The van der Waals surface area contributed by atoms with Gasteiger partial charge in [-0.25, -0.2) is 4.68 Å². The number of rotatable bonds is 5. The summed E-state index contributed by atoms with van der Waals surface area (Å²) in [6, 6.07) is 0.478. The van der Waals surface area contributed by atoms with Crippen LogP contribution in [0.4, 0.5) is 5.82 Å². The Labute approximate surface area is 109 Å². The minimum Gasteiger partial charge on any atom is -0.353 e. The molecule has 1 aliphatic rings. The van der Waals surface area contributed by atoms with Gasteiger partial charge in [0.05, 0.1) is 6.20 Å². The zero-order chi connectivity index (χ0) is 13.0. The van der Waals surface area contributed by atoms with Gasteiger partial charge in [0.2, 0.25) is 0 Å². The van der Waals surface area contributed by atoms with Crippen LogP contribution in [0.2, 0.25) is 0 Å². The Morgan fingerprint density at radius 1 is 1.33 bits per heavy atom. The molecular formula is C12H24N6. The van der Waals surface area contributed by atoms with Crippen LogP contribution in [-0.2, 0) is 6.54 Å². The van der Waals surface area contributed by atoms with Gasteiger partial charge in [0.25, 0.3) is 0 Å². The second-order valence-electron chi connectivity index (χ2n) is 4.92. The van der Waals surface area contributed by atoms with Crippen molar-refractivity contribution in [1.82, 2.24) is 19.9 Å². The molecule has 0 bridgehead atoms. The molecule has 6 heteroatoms. The lowest BCUT2D eigenvalue weighted by Crippen LogP contribution is -2.51. The van der Waals surface area contributed by atoms with Gasteiger partial charge in [-0.2, -0.15) is 0 Å². The third-order valence-corrected chi connectivity index (χ3v) is 3.64. The summed E-state index contributed by atoms with van der Waals surface area (Å²) in [5.74, 6) is 1.15. The highest BCUT2D eigenvalue weighted by Gasteiger charge is 2.22. The van der Waals surface area contributed by atoms with E-state index in [1.807, 2.05) is 10.9 Å². The number of hydrogen-bond acceptors (Lipinski definition) is 5. The van der Waals surface area contributed by atoms with Crippen LogP contribution < -0.4 is 10.6 Å². The maximum atomic E-state index is 5.72. The Morgan fingerprint density at radius 3 is 2.67 bits per heavy atom. The lowest BCUT2D eigenvalue weighted by Gasteiger charge is -2.38. The maximum Gasteiger partial charge on any atom is 0.147 e. The van der Waals surface area contributed by atoms with Crippen molar-refractivity contribution in [1.29, 1.82) is 0 Å². The summed E-state index contributed by atoms with van der Waals surface area (Å²) in [5, 5.41) is 8.17. The molecule has 1 aromatic rings. The highest BCUT2D eigenvalue weighted by molar-refractivity contribution is 5.36. The van der Waals surface area contributed by atoms with E-state index in [2.05, 4.69) is 34.0 Å². The van der Waals surface area contributed by atoms with E-state index in [0.29, 0.717) is 6.04 Å². The Hall–Kier alpha value is -1.14. The molecule has 1 fully saturated rings. The van der Waals surface area contributed by atoms with E-state index in [1.54, 1.807) is 0 Å². The smallest absolute Gasteiger partial charge is 0.147 e. The fraction of sp³-hybridized carbons (Fsp3) is 0.833. The predicted molar refractivity (Wildman–Crippen MR) is 72.6 cm³/mol. The summed E-state index contributed by atoms with van der Waals surface area (Å²) in [7, 11) is 0. The molecule has 1 aliphatic heterocycles. The molecule has 1 unspecified atom stereocenters. The molecule has 0 radical (unpaired) electrons. The normalized spacial score (nSPS) is 19.2. The number of hydrogen-bond donors (Lipinski definition) is 1.